The second-order valence-electron chi connectivity index (χ2n) is 9.86. The number of rotatable bonds is 10. The largest absolute Gasteiger partial charge is 0.490 e. The van der Waals surface area contributed by atoms with Crippen LogP contribution in [0.1, 0.15) is 25.8 Å². The Morgan fingerprint density at radius 2 is 1.62 bits per heavy atom. The van der Waals surface area contributed by atoms with Crippen molar-refractivity contribution in [1.82, 2.24) is 24.6 Å². The van der Waals surface area contributed by atoms with Crippen molar-refractivity contribution < 1.29 is 45.4 Å². The minimum absolute atomic E-state index is 0.348. The molecule has 4 N–H and O–H groups in total. The van der Waals surface area contributed by atoms with Crippen LogP contribution in [0.3, 0.4) is 0 Å². The lowest BCUT2D eigenvalue weighted by molar-refractivity contribution is -0.192. The van der Waals surface area contributed by atoms with Gasteiger partial charge in [-0.05, 0) is 56.4 Å². The summed E-state index contributed by atoms with van der Waals surface area (Å²) in [5.74, 6) is -3.22. The fraction of sp³-hybridized carbons (Fsp3) is 0.345. The fourth-order valence-corrected chi connectivity index (χ4v) is 4.17. The first-order valence-corrected chi connectivity index (χ1v) is 14.0. The highest BCUT2D eigenvalue weighted by atomic mass is 19.4. The van der Waals surface area contributed by atoms with E-state index >= 15 is 0 Å². The van der Waals surface area contributed by atoms with E-state index in [1.807, 2.05) is 0 Å². The van der Waals surface area contributed by atoms with E-state index in [9.17, 15) is 35.5 Å². The van der Waals surface area contributed by atoms with Gasteiger partial charge in [0, 0.05) is 31.0 Å². The minimum Gasteiger partial charge on any atom is -0.475 e. The number of urea groups is 1. The predicted octanol–water partition coefficient (Wildman–Crippen LogP) is 6.61. The van der Waals surface area contributed by atoms with Crippen LogP contribution in [0.2, 0.25) is 0 Å². The smallest absolute Gasteiger partial charge is 0.475 e. The van der Waals surface area contributed by atoms with Gasteiger partial charge in [0.25, 0.3) is 0 Å². The Balaban J connectivity index is 0.000000771. The summed E-state index contributed by atoms with van der Waals surface area (Å²) in [6.07, 6.45) is -7.08. The van der Waals surface area contributed by atoms with Crippen LogP contribution >= 0.6 is 0 Å². The highest BCUT2D eigenvalue weighted by molar-refractivity contribution is 6.00. The number of hydrogen-bond donors (Lipinski definition) is 4. The van der Waals surface area contributed by atoms with Gasteiger partial charge >= 0.3 is 24.4 Å². The Morgan fingerprint density at radius 3 is 2.19 bits per heavy atom. The first kappa shape index (κ1) is 36.5. The summed E-state index contributed by atoms with van der Waals surface area (Å²) >= 11 is 0. The van der Waals surface area contributed by atoms with Gasteiger partial charge in [0.2, 0.25) is 5.95 Å². The molecule has 2 aromatic heterocycles. The monoisotopic (exact) mass is 672 g/mol. The van der Waals surface area contributed by atoms with Crippen molar-refractivity contribution in [3.05, 3.63) is 60.0 Å². The summed E-state index contributed by atoms with van der Waals surface area (Å²) in [4.78, 5) is 32.6. The van der Waals surface area contributed by atoms with E-state index in [-0.39, 0.29) is 0 Å². The zero-order valence-electron chi connectivity index (χ0n) is 25.3. The zero-order valence-corrected chi connectivity index (χ0v) is 25.3. The summed E-state index contributed by atoms with van der Waals surface area (Å²) in [7, 11) is 1.79. The van der Waals surface area contributed by atoms with Crippen molar-refractivity contribution in [2.45, 2.75) is 32.6 Å². The number of halogens is 7. The number of aliphatic carboxylic acids is 1. The molecule has 0 aliphatic rings. The Labute approximate surface area is 263 Å². The molecule has 0 fully saturated rings. The average molecular weight is 673 g/mol. The molecule has 2 heterocycles. The first-order valence-electron chi connectivity index (χ1n) is 14.0. The Hall–Kier alpha value is -5.00. The number of anilines is 3. The minimum atomic E-state index is -5.08. The van der Waals surface area contributed by atoms with Crippen LogP contribution in [0.15, 0.2) is 48.7 Å². The number of fused-ring (bicyclic) bond motifs is 1. The number of hydrogen-bond acceptors (Lipinski definition) is 7. The molecule has 0 radical (unpaired) electrons. The molecule has 0 aliphatic heterocycles. The fourth-order valence-electron chi connectivity index (χ4n) is 4.17. The maximum atomic E-state index is 14.0. The van der Waals surface area contributed by atoms with Crippen LogP contribution in [-0.4, -0.2) is 74.1 Å². The third-order valence-electron chi connectivity index (χ3n) is 6.61. The maximum absolute atomic E-state index is 14.0. The Bertz CT molecular complexity index is 1670. The van der Waals surface area contributed by atoms with Gasteiger partial charge < -0.3 is 26.0 Å². The molecule has 4 aromatic rings. The highest BCUT2D eigenvalue weighted by Gasteiger charge is 2.38. The second-order valence-corrected chi connectivity index (χ2v) is 9.86. The standard InChI is InChI=1S/C27H30F4N8O.C2HF3O2/c1-4-39(5-2)14-6-13-32-25-33-16-20-23(37-38(3)24(20)36-25)17-7-10-19(11-8-17)34-26(40)35-22-15-18(27(29,30)31)9-12-21(22)28;3-2(4,5)1(6)7/h7-12,15-16H,4-6,13-14H2,1-3H3,(H,32,33,36)(H2,34,35,40);(H,6,7). The van der Waals surface area contributed by atoms with Gasteiger partial charge in [-0.15, -0.1) is 0 Å². The number of carbonyl (C=O) groups is 2. The van der Waals surface area contributed by atoms with Crippen LogP contribution < -0.4 is 16.0 Å². The van der Waals surface area contributed by atoms with Crippen LogP contribution in [0, 0.1) is 5.82 Å². The van der Waals surface area contributed by atoms with Gasteiger partial charge in [0.15, 0.2) is 5.65 Å². The molecule has 0 unspecified atom stereocenters. The number of benzene rings is 2. The Kier molecular flexibility index (Phi) is 12.0. The molecule has 0 saturated heterocycles. The van der Waals surface area contributed by atoms with Gasteiger partial charge in [0.05, 0.1) is 16.6 Å². The van der Waals surface area contributed by atoms with Crippen molar-refractivity contribution in [1.29, 1.82) is 0 Å². The van der Waals surface area contributed by atoms with Gasteiger partial charge in [-0.25, -0.2) is 23.6 Å². The molecule has 2 aromatic carbocycles. The number of alkyl halides is 6. The number of aromatic nitrogens is 4. The van der Waals surface area contributed by atoms with Crippen molar-refractivity contribution in [3.63, 3.8) is 0 Å². The van der Waals surface area contributed by atoms with Gasteiger partial charge in [0.1, 0.15) is 11.5 Å². The number of carboxylic acid groups (broad SMARTS) is 1. The number of nitrogens with zero attached hydrogens (tertiary/aromatic N) is 5. The molecule has 18 heteroatoms. The molecular formula is C29H31F7N8O3. The molecule has 2 amide bonds. The van der Waals surface area contributed by atoms with Crippen molar-refractivity contribution in [2.75, 3.05) is 42.1 Å². The lowest BCUT2D eigenvalue weighted by atomic mass is 10.1. The van der Waals surface area contributed by atoms with E-state index in [2.05, 4.69) is 49.8 Å². The molecule has 4 rings (SSSR count). The van der Waals surface area contributed by atoms with Gasteiger partial charge in [-0.3, -0.25) is 0 Å². The van der Waals surface area contributed by atoms with E-state index < -0.39 is 41.4 Å². The van der Waals surface area contributed by atoms with Gasteiger partial charge in [-0.1, -0.05) is 26.0 Å². The average Bonchev–Trinajstić information content (AvgIpc) is 3.33. The normalized spacial score (nSPS) is 11.6. The van der Waals surface area contributed by atoms with Crippen molar-refractivity contribution in [3.8, 4) is 11.3 Å². The lowest BCUT2D eigenvalue weighted by Crippen LogP contribution is -2.25. The molecule has 0 spiro atoms. The molecule has 0 aliphatic carbocycles. The van der Waals surface area contributed by atoms with Crippen LogP contribution in [0.4, 0.5) is 52.9 Å². The predicted molar refractivity (Wildman–Crippen MR) is 160 cm³/mol. The molecule has 0 atom stereocenters. The van der Waals surface area contributed by atoms with E-state index in [1.165, 1.54) is 0 Å². The second kappa shape index (κ2) is 15.5. The zero-order chi connectivity index (χ0) is 34.9. The number of carboxylic acids is 1. The molecule has 11 nitrogen and oxygen atoms in total. The quantitative estimate of drug-likeness (QED) is 0.109. The summed E-state index contributed by atoms with van der Waals surface area (Å²) in [5, 5.41) is 20.3. The number of carbonyl (C=O) groups excluding carboxylic acids is 1. The molecule has 0 bridgehead atoms. The third kappa shape index (κ3) is 10.2. The van der Waals surface area contributed by atoms with Crippen molar-refractivity contribution >= 4 is 40.4 Å². The highest BCUT2D eigenvalue weighted by Crippen LogP contribution is 2.32. The topological polar surface area (TPSA) is 137 Å². The summed E-state index contributed by atoms with van der Waals surface area (Å²) < 4.78 is 86.1. The summed E-state index contributed by atoms with van der Waals surface area (Å²) in [6, 6.07) is 7.56. The Morgan fingerprint density at radius 1 is 0.979 bits per heavy atom. The van der Waals surface area contributed by atoms with Crippen molar-refractivity contribution in [2.24, 2.45) is 7.05 Å². The van der Waals surface area contributed by atoms with E-state index in [0.717, 1.165) is 43.5 Å². The molecule has 0 saturated carbocycles. The van der Waals surface area contributed by atoms with Crippen LogP contribution in [0.25, 0.3) is 22.3 Å². The number of nitrogens with one attached hydrogen (secondary N) is 3. The van der Waals surface area contributed by atoms with Gasteiger partial charge in [-0.2, -0.15) is 36.4 Å². The first-order chi connectivity index (χ1) is 22.0. The van der Waals surface area contributed by atoms with Crippen LogP contribution in [0.5, 0.6) is 0 Å². The molecule has 254 valence electrons. The van der Waals surface area contributed by atoms with Crippen LogP contribution in [-0.2, 0) is 18.0 Å². The lowest BCUT2D eigenvalue weighted by Gasteiger charge is -2.17. The van der Waals surface area contributed by atoms with E-state index in [4.69, 9.17) is 9.90 Å². The summed E-state index contributed by atoms with van der Waals surface area (Å²) in [5.41, 5.74) is 0.735. The number of aryl methyl sites for hydroxylation is 1. The van der Waals surface area contributed by atoms with E-state index in [1.54, 1.807) is 42.2 Å². The third-order valence-corrected chi connectivity index (χ3v) is 6.61. The SMILES string of the molecule is CCN(CC)CCCNc1ncc2c(-c3ccc(NC(=O)Nc4cc(C(F)(F)F)ccc4F)cc3)nn(C)c2n1.O=C(O)C(F)(F)F. The molecule has 47 heavy (non-hydrogen) atoms. The molecular weight excluding hydrogens is 641 g/mol. The van der Waals surface area contributed by atoms with E-state index in [0.29, 0.717) is 41.2 Å². The number of amides is 2. The maximum Gasteiger partial charge on any atom is 0.490 e. The summed E-state index contributed by atoms with van der Waals surface area (Å²) in [6.45, 7) is 8.05.